The molecule has 1 aromatic rings. The Morgan fingerprint density at radius 1 is 1.35 bits per heavy atom. The number of hydrogen-bond donors (Lipinski definition) is 1. The molecule has 0 aliphatic heterocycles. The Hall–Kier alpha value is -0.540. The van der Waals surface area contributed by atoms with Gasteiger partial charge >= 0.3 is 0 Å². The lowest BCUT2D eigenvalue weighted by Gasteiger charge is -2.22. The van der Waals surface area contributed by atoms with E-state index in [1.165, 1.54) is 31.2 Å². The van der Waals surface area contributed by atoms with Crippen LogP contribution in [0.25, 0.3) is 0 Å². The summed E-state index contributed by atoms with van der Waals surface area (Å²) in [4.78, 5) is 0. The zero-order valence-electron chi connectivity index (χ0n) is 10.5. The fourth-order valence-electron chi connectivity index (χ4n) is 2.68. The fraction of sp³-hybridized carbons (Fsp3) is 0.571. The normalized spacial score (nSPS) is 18.4. The highest BCUT2D eigenvalue weighted by Gasteiger charge is 2.25. The van der Waals surface area contributed by atoms with E-state index >= 15 is 0 Å². The molecule has 0 aromatic heterocycles. The van der Waals surface area contributed by atoms with Gasteiger partial charge in [-0.05, 0) is 43.4 Å². The number of rotatable bonds is 3. The Kier molecular flexibility index (Phi) is 4.10. The molecule has 3 heteroatoms. The van der Waals surface area contributed by atoms with Crippen LogP contribution in [-0.2, 0) is 0 Å². The first-order chi connectivity index (χ1) is 8.13. The van der Waals surface area contributed by atoms with Crippen molar-refractivity contribution in [1.82, 2.24) is 0 Å². The first-order valence-electron chi connectivity index (χ1n) is 6.23. The molecule has 1 saturated carbocycles. The van der Waals surface area contributed by atoms with E-state index in [1.807, 2.05) is 0 Å². The molecule has 0 amide bonds. The molecule has 1 atom stereocenters. The van der Waals surface area contributed by atoms with Gasteiger partial charge in [-0.25, -0.2) is 0 Å². The second-order valence-electron chi connectivity index (χ2n) is 4.91. The van der Waals surface area contributed by atoms with Crippen molar-refractivity contribution in [1.29, 1.82) is 0 Å². The molecule has 1 unspecified atom stereocenters. The molecule has 1 aromatic carbocycles. The van der Waals surface area contributed by atoms with Crippen LogP contribution in [-0.4, -0.2) is 7.11 Å². The van der Waals surface area contributed by atoms with Crippen molar-refractivity contribution in [2.24, 2.45) is 11.7 Å². The van der Waals surface area contributed by atoms with Crippen molar-refractivity contribution >= 4 is 15.9 Å². The van der Waals surface area contributed by atoms with Gasteiger partial charge in [0.1, 0.15) is 5.75 Å². The summed E-state index contributed by atoms with van der Waals surface area (Å²) in [5.41, 5.74) is 8.72. The van der Waals surface area contributed by atoms with Crippen molar-refractivity contribution in [2.75, 3.05) is 7.11 Å². The van der Waals surface area contributed by atoms with Crippen LogP contribution in [0.15, 0.2) is 16.6 Å². The molecule has 0 heterocycles. The van der Waals surface area contributed by atoms with Crippen molar-refractivity contribution in [3.8, 4) is 5.75 Å². The number of hydrogen-bond acceptors (Lipinski definition) is 2. The molecule has 0 bridgehead atoms. The minimum Gasteiger partial charge on any atom is -0.496 e. The third-order valence-corrected chi connectivity index (χ3v) is 4.63. The summed E-state index contributed by atoms with van der Waals surface area (Å²) >= 11 is 3.58. The largest absolute Gasteiger partial charge is 0.496 e. The van der Waals surface area contributed by atoms with E-state index in [9.17, 15) is 0 Å². The fourth-order valence-corrected chi connectivity index (χ4v) is 3.04. The maximum absolute atomic E-state index is 6.39. The monoisotopic (exact) mass is 297 g/mol. The van der Waals surface area contributed by atoms with Crippen LogP contribution < -0.4 is 10.5 Å². The Labute approximate surface area is 112 Å². The zero-order valence-corrected chi connectivity index (χ0v) is 12.1. The quantitative estimate of drug-likeness (QED) is 0.917. The number of halogens is 1. The topological polar surface area (TPSA) is 35.2 Å². The number of methoxy groups -OCH3 is 1. The highest BCUT2D eigenvalue weighted by molar-refractivity contribution is 9.10. The van der Waals surface area contributed by atoms with Gasteiger partial charge in [0.25, 0.3) is 0 Å². The standard InChI is InChI=1S/C14H20BrNO/c1-9-7-13(17-2)11(8-12(9)15)14(16)10-5-3-4-6-10/h7-8,10,14H,3-6,16H2,1-2H3. The van der Waals surface area contributed by atoms with Crippen molar-refractivity contribution < 1.29 is 4.74 Å². The van der Waals surface area contributed by atoms with Crippen LogP contribution in [0, 0.1) is 12.8 Å². The van der Waals surface area contributed by atoms with Crippen LogP contribution in [0.5, 0.6) is 5.75 Å². The minimum absolute atomic E-state index is 0.101. The van der Waals surface area contributed by atoms with E-state index in [2.05, 4.69) is 35.0 Å². The second kappa shape index (κ2) is 5.40. The maximum atomic E-state index is 6.39. The predicted octanol–water partition coefficient (Wildman–Crippen LogP) is 3.96. The summed E-state index contributed by atoms with van der Waals surface area (Å²) in [6.45, 7) is 2.07. The first-order valence-corrected chi connectivity index (χ1v) is 7.02. The lowest BCUT2D eigenvalue weighted by Crippen LogP contribution is -2.20. The van der Waals surface area contributed by atoms with Crippen LogP contribution in [0.4, 0.5) is 0 Å². The molecule has 2 N–H and O–H groups in total. The number of aryl methyl sites for hydroxylation is 1. The molecule has 1 fully saturated rings. The van der Waals surface area contributed by atoms with Crippen LogP contribution in [0.1, 0.15) is 42.9 Å². The van der Waals surface area contributed by atoms with Gasteiger partial charge in [-0.3, -0.25) is 0 Å². The molecule has 2 nitrogen and oxygen atoms in total. The Morgan fingerprint density at radius 2 is 2.00 bits per heavy atom. The van der Waals surface area contributed by atoms with Crippen molar-refractivity contribution in [2.45, 2.75) is 38.6 Å². The number of nitrogens with two attached hydrogens (primary N) is 1. The lowest BCUT2D eigenvalue weighted by atomic mass is 9.91. The summed E-state index contributed by atoms with van der Waals surface area (Å²) in [6, 6.07) is 4.29. The Bertz CT molecular complexity index is 399. The SMILES string of the molecule is COc1cc(C)c(Br)cc1C(N)C1CCCC1. The van der Waals surface area contributed by atoms with Gasteiger partial charge in [0.15, 0.2) is 0 Å². The van der Waals surface area contributed by atoms with Crippen LogP contribution >= 0.6 is 15.9 Å². The predicted molar refractivity (Wildman–Crippen MR) is 74.3 cm³/mol. The Balaban J connectivity index is 2.32. The van der Waals surface area contributed by atoms with Crippen molar-refractivity contribution in [3.05, 3.63) is 27.7 Å². The molecule has 0 radical (unpaired) electrons. The zero-order chi connectivity index (χ0) is 12.4. The molecule has 2 rings (SSSR count). The summed E-state index contributed by atoms with van der Waals surface area (Å²) in [6.07, 6.45) is 5.12. The number of benzene rings is 1. The summed E-state index contributed by atoms with van der Waals surface area (Å²) in [5.74, 6) is 1.53. The second-order valence-corrected chi connectivity index (χ2v) is 5.77. The van der Waals surface area contributed by atoms with Gasteiger partial charge in [-0.15, -0.1) is 0 Å². The highest BCUT2D eigenvalue weighted by Crippen LogP contribution is 2.39. The number of ether oxygens (including phenoxy) is 1. The third-order valence-electron chi connectivity index (χ3n) is 3.78. The summed E-state index contributed by atoms with van der Waals surface area (Å²) < 4.78 is 6.57. The molecule has 1 aliphatic carbocycles. The maximum Gasteiger partial charge on any atom is 0.123 e. The minimum atomic E-state index is 0.101. The smallest absolute Gasteiger partial charge is 0.123 e. The van der Waals surface area contributed by atoms with Gasteiger partial charge in [0.05, 0.1) is 7.11 Å². The molecular formula is C14H20BrNO. The van der Waals surface area contributed by atoms with E-state index in [-0.39, 0.29) is 6.04 Å². The first kappa shape index (κ1) is 12.9. The van der Waals surface area contributed by atoms with E-state index in [4.69, 9.17) is 10.5 Å². The van der Waals surface area contributed by atoms with E-state index < -0.39 is 0 Å². The van der Waals surface area contributed by atoms with Gasteiger partial charge in [0.2, 0.25) is 0 Å². The summed E-state index contributed by atoms with van der Waals surface area (Å²) in [7, 11) is 1.72. The van der Waals surface area contributed by atoms with Gasteiger partial charge in [-0.2, -0.15) is 0 Å². The highest BCUT2D eigenvalue weighted by atomic mass is 79.9. The van der Waals surface area contributed by atoms with E-state index in [0.29, 0.717) is 5.92 Å². The van der Waals surface area contributed by atoms with Crippen LogP contribution in [0.2, 0.25) is 0 Å². The van der Waals surface area contributed by atoms with E-state index in [1.54, 1.807) is 7.11 Å². The lowest BCUT2D eigenvalue weighted by molar-refractivity contribution is 0.384. The third kappa shape index (κ3) is 2.66. The average molecular weight is 298 g/mol. The van der Waals surface area contributed by atoms with Gasteiger partial charge < -0.3 is 10.5 Å². The molecule has 0 saturated heterocycles. The molecule has 94 valence electrons. The molecular weight excluding hydrogens is 278 g/mol. The van der Waals surface area contributed by atoms with Gasteiger partial charge in [0, 0.05) is 16.1 Å². The average Bonchev–Trinajstić information content (AvgIpc) is 2.84. The van der Waals surface area contributed by atoms with Crippen LogP contribution in [0.3, 0.4) is 0 Å². The van der Waals surface area contributed by atoms with Gasteiger partial charge in [-0.1, -0.05) is 28.8 Å². The summed E-state index contributed by atoms with van der Waals surface area (Å²) in [5, 5.41) is 0. The molecule has 17 heavy (non-hydrogen) atoms. The molecule has 0 spiro atoms. The molecule has 1 aliphatic rings. The van der Waals surface area contributed by atoms with E-state index in [0.717, 1.165) is 15.8 Å². The Morgan fingerprint density at radius 3 is 2.59 bits per heavy atom. The van der Waals surface area contributed by atoms with Crippen molar-refractivity contribution in [3.63, 3.8) is 0 Å².